The van der Waals surface area contributed by atoms with Crippen molar-refractivity contribution in [2.24, 2.45) is 4.99 Å². The van der Waals surface area contributed by atoms with Crippen molar-refractivity contribution in [3.8, 4) is 5.75 Å². The highest BCUT2D eigenvalue weighted by atomic mass is 16.5. The van der Waals surface area contributed by atoms with Gasteiger partial charge >= 0.3 is 0 Å². The molecule has 1 aliphatic heterocycles. The standard InChI is InChI=1S/C20H24N2O/c1-4-5-6-17-12-16-13-18(23-3)7-8-19(16)20(22-17)15-9-10-21-14(2)11-15/h7-11,13,17H,4-6,12H2,1-3H3. The van der Waals surface area contributed by atoms with Gasteiger partial charge in [0, 0.05) is 23.0 Å². The van der Waals surface area contributed by atoms with Crippen LogP contribution in [0.2, 0.25) is 0 Å². The van der Waals surface area contributed by atoms with E-state index in [1.807, 2.05) is 19.2 Å². The van der Waals surface area contributed by atoms with Gasteiger partial charge in [-0.1, -0.05) is 19.8 Å². The first kappa shape index (κ1) is 15.7. The molecule has 1 aromatic carbocycles. The third-order valence-corrected chi connectivity index (χ3v) is 4.40. The molecule has 23 heavy (non-hydrogen) atoms. The molecule has 1 unspecified atom stereocenters. The second kappa shape index (κ2) is 6.95. The summed E-state index contributed by atoms with van der Waals surface area (Å²) >= 11 is 0. The van der Waals surface area contributed by atoms with Crippen LogP contribution >= 0.6 is 0 Å². The van der Waals surface area contributed by atoms with Gasteiger partial charge in [0.1, 0.15) is 5.75 Å². The molecule has 0 N–H and O–H groups in total. The number of aryl methyl sites for hydroxylation is 1. The number of aromatic nitrogens is 1. The van der Waals surface area contributed by atoms with E-state index in [9.17, 15) is 0 Å². The number of methoxy groups -OCH3 is 1. The van der Waals surface area contributed by atoms with Crippen LogP contribution in [0.5, 0.6) is 5.75 Å². The molecule has 3 heteroatoms. The zero-order valence-electron chi connectivity index (χ0n) is 14.2. The summed E-state index contributed by atoms with van der Waals surface area (Å²) in [6, 6.07) is 10.9. The molecule has 2 aromatic rings. The Hall–Kier alpha value is -2.16. The molecule has 0 amide bonds. The first-order valence-electron chi connectivity index (χ1n) is 8.39. The van der Waals surface area contributed by atoms with Crippen LogP contribution in [0, 0.1) is 6.92 Å². The predicted octanol–water partition coefficient (Wildman–Crippen LogP) is 4.35. The largest absolute Gasteiger partial charge is 0.497 e. The quantitative estimate of drug-likeness (QED) is 0.823. The number of unbranched alkanes of at least 4 members (excludes halogenated alkanes) is 1. The molecule has 0 bridgehead atoms. The van der Waals surface area contributed by atoms with Crippen LogP contribution in [-0.4, -0.2) is 23.8 Å². The molecule has 0 saturated carbocycles. The second-order valence-electron chi connectivity index (χ2n) is 6.19. The molecule has 1 atom stereocenters. The van der Waals surface area contributed by atoms with E-state index in [1.54, 1.807) is 7.11 Å². The zero-order chi connectivity index (χ0) is 16.2. The Morgan fingerprint density at radius 3 is 2.83 bits per heavy atom. The molecule has 3 rings (SSSR count). The molecule has 0 radical (unpaired) electrons. The fraction of sp³-hybridized carbons (Fsp3) is 0.400. The van der Waals surface area contributed by atoms with Crippen LogP contribution in [0.1, 0.15) is 48.6 Å². The van der Waals surface area contributed by atoms with Crippen LogP contribution in [0.25, 0.3) is 0 Å². The average Bonchev–Trinajstić information content (AvgIpc) is 2.58. The lowest BCUT2D eigenvalue weighted by Crippen LogP contribution is -2.22. The molecule has 1 aromatic heterocycles. The van der Waals surface area contributed by atoms with Crippen LogP contribution in [0.4, 0.5) is 0 Å². The summed E-state index contributed by atoms with van der Waals surface area (Å²) in [5.74, 6) is 0.921. The van der Waals surface area contributed by atoms with Gasteiger partial charge < -0.3 is 4.74 Å². The zero-order valence-corrected chi connectivity index (χ0v) is 14.2. The van der Waals surface area contributed by atoms with E-state index < -0.39 is 0 Å². The highest BCUT2D eigenvalue weighted by molar-refractivity contribution is 6.14. The van der Waals surface area contributed by atoms with Crippen molar-refractivity contribution in [2.75, 3.05) is 7.11 Å². The molecular formula is C20H24N2O. The summed E-state index contributed by atoms with van der Waals surface area (Å²) in [5, 5.41) is 0. The van der Waals surface area contributed by atoms with Gasteiger partial charge in [-0.2, -0.15) is 0 Å². The van der Waals surface area contributed by atoms with Crippen LogP contribution in [0.3, 0.4) is 0 Å². The number of nitrogens with zero attached hydrogens (tertiary/aromatic N) is 2. The van der Waals surface area contributed by atoms with E-state index in [0.717, 1.165) is 35.6 Å². The molecule has 2 heterocycles. The molecule has 0 fully saturated rings. The van der Waals surface area contributed by atoms with Crippen molar-refractivity contribution in [3.63, 3.8) is 0 Å². The van der Waals surface area contributed by atoms with Gasteiger partial charge in [0.25, 0.3) is 0 Å². The number of hydrogen-bond donors (Lipinski definition) is 0. The normalized spacial score (nSPS) is 16.7. The van der Waals surface area contributed by atoms with E-state index in [4.69, 9.17) is 9.73 Å². The van der Waals surface area contributed by atoms with Gasteiger partial charge in [0.05, 0.1) is 18.9 Å². The van der Waals surface area contributed by atoms with Crippen LogP contribution in [-0.2, 0) is 6.42 Å². The maximum atomic E-state index is 5.41. The van der Waals surface area contributed by atoms with Crippen molar-refractivity contribution < 1.29 is 4.74 Å². The first-order valence-corrected chi connectivity index (χ1v) is 8.39. The van der Waals surface area contributed by atoms with E-state index in [1.165, 1.54) is 24.0 Å². The summed E-state index contributed by atoms with van der Waals surface area (Å²) in [7, 11) is 1.72. The Balaban J connectivity index is 2.04. The van der Waals surface area contributed by atoms with E-state index in [2.05, 4.69) is 36.2 Å². The third-order valence-electron chi connectivity index (χ3n) is 4.40. The van der Waals surface area contributed by atoms with Crippen molar-refractivity contribution in [3.05, 3.63) is 58.9 Å². The average molecular weight is 308 g/mol. The van der Waals surface area contributed by atoms with Crippen molar-refractivity contribution in [2.45, 2.75) is 45.6 Å². The summed E-state index contributed by atoms with van der Waals surface area (Å²) in [5.41, 5.74) is 5.84. The molecule has 0 aliphatic carbocycles. The number of fused-ring (bicyclic) bond motifs is 1. The molecule has 120 valence electrons. The van der Waals surface area contributed by atoms with Gasteiger partial charge in [-0.3, -0.25) is 9.98 Å². The molecule has 0 saturated heterocycles. The van der Waals surface area contributed by atoms with Gasteiger partial charge in [0.2, 0.25) is 0 Å². The molecule has 3 nitrogen and oxygen atoms in total. The van der Waals surface area contributed by atoms with E-state index in [0.29, 0.717) is 6.04 Å². The minimum absolute atomic E-state index is 0.359. The van der Waals surface area contributed by atoms with Crippen molar-refractivity contribution in [1.29, 1.82) is 0 Å². The topological polar surface area (TPSA) is 34.5 Å². The van der Waals surface area contributed by atoms with Crippen molar-refractivity contribution in [1.82, 2.24) is 4.98 Å². The Morgan fingerprint density at radius 1 is 1.22 bits per heavy atom. The number of hydrogen-bond acceptors (Lipinski definition) is 3. The predicted molar refractivity (Wildman–Crippen MR) is 94.6 cm³/mol. The monoisotopic (exact) mass is 308 g/mol. The number of rotatable bonds is 5. The minimum Gasteiger partial charge on any atom is -0.497 e. The van der Waals surface area contributed by atoms with Crippen LogP contribution in [0.15, 0.2) is 41.5 Å². The maximum absolute atomic E-state index is 5.41. The number of pyridine rings is 1. The lowest BCUT2D eigenvalue weighted by atomic mass is 9.88. The molecule has 0 spiro atoms. The number of ether oxygens (including phenoxy) is 1. The Morgan fingerprint density at radius 2 is 2.09 bits per heavy atom. The lowest BCUT2D eigenvalue weighted by Gasteiger charge is -2.24. The fourth-order valence-electron chi connectivity index (χ4n) is 3.18. The smallest absolute Gasteiger partial charge is 0.119 e. The Kier molecular flexibility index (Phi) is 4.75. The highest BCUT2D eigenvalue weighted by Gasteiger charge is 2.22. The molecular weight excluding hydrogens is 284 g/mol. The van der Waals surface area contributed by atoms with E-state index >= 15 is 0 Å². The van der Waals surface area contributed by atoms with Gasteiger partial charge in [0.15, 0.2) is 0 Å². The van der Waals surface area contributed by atoms with Gasteiger partial charge in [-0.25, -0.2) is 0 Å². The fourth-order valence-corrected chi connectivity index (χ4v) is 3.18. The summed E-state index contributed by atoms with van der Waals surface area (Å²) < 4.78 is 5.41. The maximum Gasteiger partial charge on any atom is 0.119 e. The van der Waals surface area contributed by atoms with Crippen LogP contribution < -0.4 is 4.74 Å². The minimum atomic E-state index is 0.359. The number of aliphatic imine (C=N–C) groups is 1. The van der Waals surface area contributed by atoms with Gasteiger partial charge in [-0.05, 0) is 55.7 Å². The SMILES string of the molecule is CCCCC1Cc2cc(OC)ccc2C(c2ccnc(C)c2)=N1. The van der Waals surface area contributed by atoms with E-state index in [-0.39, 0.29) is 0 Å². The summed E-state index contributed by atoms with van der Waals surface area (Å²) in [4.78, 5) is 9.39. The Labute approximate surface area is 138 Å². The second-order valence-corrected chi connectivity index (χ2v) is 6.19. The number of benzene rings is 1. The first-order chi connectivity index (χ1) is 11.2. The lowest BCUT2D eigenvalue weighted by molar-refractivity contribution is 0.414. The third kappa shape index (κ3) is 3.44. The molecule has 1 aliphatic rings. The van der Waals surface area contributed by atoms with Gasteiger partial charge in [-0.15, -0.1) is 0 Å². The van der Waals surface area contributed by atoms with Crippen molar-refractivity contribution >= 4 is 5.71 Å². The highest BCUT2D eigenvalue weighted by Crippen LogP contribution is 2.28. The summed E-state index contributed by atoms with van der Waals surface area (Å²) in [6.07, 6.45) is 6.43. The Bertz CT molecular complexity index is 721. The summed E-state index contributed by atoms with van der Waals surface area (Å²) in [6.45, 7) is 4.26.